The molecule has 0 aliphatic carbocycles. The largest absolute Gasteiger partial charge is 0.326 e. The van der Waals surface area contributed by atoms with Crippen LogP contribution in [0.5, 0.6) is 0 Å². The zero-order valence-electron chi connectivity index (χ0n) is 12.3. The fourth-order valence-electron chi connectivity index (χ4n) is 2.61. The van der Waals surface area contributed by atoms with E-state index in [1.165, 1.54) is 6.07 Å². The highest BCUT2D eigenvalue weighted by Crippen LogP contribution is 2.26. The summed E-state index contributed by atoms with van der Waals surface area (Å²) < 4.78 is 14.1. The van der Waals surface area contributed by atoms with Gasteiger partial charge in [0.05, 0.1) is 6.04 Å². The van der Waals surface area contributed by atoms with E-state index >= 15 is 0 Å². The van der Waals surface area contributed by atoms with Gasteiger partial charge < -0.3 is 5.73 Å². The lowest BCUT2D eigenvalue weighted by molar-refractivity contribution is 0.206. The highest BCUT2D eigenvalue weighted by molar-refractivity contribution is 6.30. The van der Waals surface area contributed by atoms with Crippen molar-refractivity contribution in [3.8, 4) is 0 Å². The second-order valence-corrected chi connectivity index (χ2v) is 5.80. The smallest absolute Gasteiger partial charge is 0.128 e. The SMILES string of the molecule is CC(N)C(c1ccccc1F)N(C)Cc1ccc(Cl)cc1. The first-order valence-corrected chi connectivity index (χ1v) is 7.31. The van der Waals surface area contributed by atoms with Crippen molar-refractivity contribution in [1.29, 1.82) is 0 Å². The molecule has 0 heterocycles. The average molecular weight is 307 g/mol. The Morgan fingerprint density at radius 1 is 1.14 bits per heavy atom. The molecule has 0 amide bonds. The maximum absolute atomic E-state index is 14.1. The maximum Gasteiger partial charge on any atom is 0.128 e. The molecule has 0 saturated carbocycles. The van der Waals surface area contributed by atoms with Crippen molar-refractivity contribution in [3.05, 3.63) is 70.5 Å². The summed E-state index contributed by atoms with van der Waals surface area (Å²) in [5, 5.41) is 0.708. The molecular formula is C17H20ClFN2. The Kier molecular flexibility index (Phi) is 5.34. The van der Waals surface area contributed by atoms with Gasteiger partial charge in [-0.15, -0.1) is 0 Å². The molecule has 2 unspecified atom stereocenters. The van der Waals surface area contributed by atoms with Crippen molar-refractivity contribution in [1.82, 2.24) is 4.90 Å². The zero-order chi connectivity index (χ0) is 15.4. The van der Waals surface area contributed by atoms with Crippen LogP contribution in [-0.2, 0) is 6.54 Å². The molecule has 2 N–H and O–H groups in total. The molecular weight excluding hydrogens is 287 g/mol. The third-order valence-corrected chi connectivity index (χ3v) is 3.79. The Bertz CT molecular complexity index is 584. The molecule has 0 aliphatic heterocycles. The number of hydrogen-bond donors (Lipinski definition) is 1. The number of nitrogens with two attached hydrogens (primary N) is 1. The van der Waals surface area contributed by atoms with Gasteiger partial charge in [0.1, 0.15) is 5.82 Å². The maximum atomic E-state index is 14.1. The minimum absolute atomic E-state index is 0.179. The summed E-state index contributed by atoms with van der Waals surface area (Å²) in [6.45, 7) is 2.58. The van der Waals surface area contributed by atoms with Gasteiger partial charge in [-0.25, -0.2) is 4.39 Å². The molecule has 0 aromatic heterocycles. The van der Waals surface area contributed by atoms with Gasteiger partial charge in [0.15, 0.2) is 0 Å². The van der Waals surface area contributed by atoms with E-state index in [-0.39, 0.29) is 17.9 Å². The average Bonchev–Trinajstić information content (AvgIpc) is 2.43. The quantitative estimate of drug-likeness (QED) is 0.904. The van der Waals surface area contributed by atoms with E-state index in [4.69, 9.17) is 17.3 Å². The number of likely N-dealkylation sites (N-methyl/N-ethyl adjacent to an activating group) is 1. The Hall–Kier alpha value is -1.42. The molecule has 0 saturated heterocycles. The molecule has 0 radical (unpaired) electrons. The highest BCUT2D eigenvalue weighted by atomic mass is 35.5. The number of halogens is 2. The van der Waals surface area contributed by atoms with Gasteiger partial charge in [-0.2, -0.15) is 0 Å². The van der Waals surface area contributed by atoms with Gasteiger partial charge in [-0.05, 0) is 37.7 Å². The minimum Gasteiger partial charge on any atom is -0.326 e. The van der Waals surface area contributed by atoms with Crippen LogP contribution in [-0.4, -0.2) is 18.0 Å². The lowest BCUT2D eigenvalue weighted by Gasteiger charge is -2.31. The Morgan fingerprint density at radius 2 is 1.76 bits per heavy atom. The molecule has 112 valence electrons. The molecule has 2 rings (SSSR count). The van der Waals surface area contributed by atoms with Crippen molar-refractivity contribution >= 4 is 11.6 Å². The second-order valence-electron chi connectivity index (χ2n) is 5.37. The van der Waals surface area contributed by atoms with E-state index in [1.54, 1.807) is 12.1 Å². The van der Waals surface area contributed by atoms with Crippen LogP contribution in [0.3, 0.4) is 0 Å². The van der Waals surface area contributed by atoms with Gasteiger partial charge >= 0.3 is 0 Å². The molecule has 2 nitrogen and oxygen atoms in total. The zero-order valence-corrected chi connectivity index (χ0v) is 13.0. The first kappa shape index (κ1) is 16.0. The lowest BCUT2D eigenvalue weighted by Crippen LogP contribution is -2.37. The minimum atomic E-state index is -0.220. The fraction of sp³-hybridized carbons (Fsp3) is 0.294. The summed E-state index contributed by atoms with van der Waals surface area (Å²) in [6.07, 6.45) is 0. The van der Waals surface area contributed by atoms with Gasteiger partial charge in [0, 0.05) is 23.2 Å². The summed E-state index contributed by atoms with van der Waals surface area (Å²) in [5.74, 6) is -0.220. The Morgan fingerprint density at radius 3 is 2.33 bits per heavy atom. The summed E-state index contributed by atoms with van der Waals surface area (Å²) in [7, 11) is 1.95. The van der Waals surface area contributed by atoms with Crippen LogP contribution in [0, 0.1) is 5.82 Å². The van der Waals surface area contributed by atoms with E-state index in [2.05, 4.69) is 4.90 Å². The third-order valence-electron chi connectivity index (χ3n) is 3.54. The van der Waals surface area contributed by atoms with Crippen molar-refractivity contribution in [2.45, 2.75) is 25.6 Å². The van der Waals surface area contributed by atoms with Crippen LogP contribution in [0.1, 0.15) is 24.1 Å². The van der Waals surface area contributed by atoms with Crippen molar-refractivity contribution in [2.24, 2.45) is 5.73 Å². The van der Waals surface area contributed by atoms with Crippen molar-refractivity contribution < 1.29 is 4.39 Å². The van der Waals surface area contributed by atoms with Gasteiger partial charge in [0.2, 0.25) is 0 Å². The van der Waals surface area contributed by atoms with Gasteiger partial charge in [-0.1, -0.05) is 41.9 Å². The van der Waals surface area contributed by atoms with E-state index in [0.717, 1.165) is 5.56 Å². The van der Waals surface area contributed by atoms with Crippen molar-refractivity contribution in [2.75, 3.05) is 7.05 Å². The van der Waals surface area contributed by atoms with E-state index < -0.39 is 0 Å². The van der Waals surface area contributed by atoms with Crippen LogP contribution < -0.4 is 5.73 Å². The summed E-state index contributed by atoms with van der Waals surface area (Å²) in [6, 6.07) is 14.1. The van der Waals surface area contributed by atoms with E-state index in [9.17, 15) is 4.39 Å². The molecule has 0 spiro atoms. The van der Waals surface area contributed by atoms with E-state index in [0.29, 0.717) is 17.1 Å². The molecule has 0 aliphatic rings. The van der Waals surface area contributed by atoms with Crippen LogP contribution >= 0.6 is 11.6 Å². The summed E-state index contributed by atoms with van der Waals surface area (Å²) in [5.41, 5.74) is 7.83. The number of hydrogen-bond acceptors (Lipinski definition) is 2. The summed E-state index contributed by atoms with van der Waals surface area (Å²) >= 11 is 5.89. The van der Waals surface area contributed by atoms with Crippen molar-refractivity contribution in [3.63, 3.8) is 0 Å². The highest BCUT2D eigenvalue weighted by Gasteiger charge is 2.23. The molecule has 0 bridgehead atoms. The van der Waals surface area contributed by atoms with Crippen LogP contribution in [0.15, 0.2) is 48.5 Å². The van der Waals surface area contributed by atoms with Gasteiger partial charge in [-0.3, -0.25) is 4.90 Å². The predicted octanol–water partition coefficient (Wildman–Crippen LogP) is 4.00. The standard InChI is InChI=1S/C17H20ClFN2/c1-12(20)17(15-5-3-4-6-16(15)19)21(2)11-13-7-9-14(18)10-8-13/h3-10,12,17H,11,20H2,1-2H3. The lowest BCUT2D eigenvalue weighted by atomic mass is 9.98. The fourth-order valence-corrected chi connectivity index (χ4v) is 2.74. The number of benzene rings is 2. The van der Waals surface area contributed by atoms with Crippen LogP contribution in [0.2, 0.25) is 5.02 Å². The van der Waals surface area contributed by atoms with Crippen LogP contribution in [0.4, 0.5) is 4.39 Å². The van der Waals surface area contributed by atoms with Crippen LogP contribution in [0.25, 0.3) is 0 Å². The Balaban J connectivity index is 2.22. The molecule has 2 aromatic carbocycles. The Labute approximate surface area is 130 Å². The molecule has 2 atom stereocenters. The monoisotopic (exact) mass is 306 g/mol. The molecule has 21 heavy (non-hydrogen) atoms. The first-order chi connectivity index (χ1) is 9.99. The third kappa shape index (κ3) is 4.03. The molecule has 4 heteroatoms. The molecule has 0 fully saturated rings. The van der Waals surface area contributed by atoms with E-state index in [1.807, 2.05) is 44.3 Å². The topological polar surface area (TPSA) is 29.3 Å². The predicted molar refractivity (Wildman–Crippen MR) is 85.7 cm³/mol. The molecule has 2 aromatic rings. The number of nitrogens with zero attached hydrogens (tertiary/aromatic N) is 1. The van der Waals surface area contributed by atoms with Gasteiger partial charge in [0.25, 0.3) is 0 Å². The summed E-state index contributed by atoms with van der Waals surface area (Å²) in [4.78, 5) is 2.06. The first-order valence-electron chi connectivity index (χ1n) is 6.93. The normalized spacial score (nSPS) is 14.2. The number of rotatable bonds is 5. The second kappa shape index (κ2) is 7.03.